The fraction of sp³-hybridized carbons (Fsp3) is 0.895. The van der Waals surface area contributed by atoms with Crippen LogP contribution in [0.5, 0.6) is 0 Å². The van der Waals surface area contributed by atoms with Gasteiger partial charge in [0.05, 0.1) is 0 Å². The zero-order chi connectivity index (χ0) is 17.2. The first-order valence-electron chi connectivity index (χ1n) is 8.37. The maximum atomic E-state index is 11.9. The van der Waals surface area contributed by atoms with Crippen molar-refractivity contribution >= 4 is 11.6 Å². The molecule has 0 aliphatic heterocycles. The summed E-state index contributed by atoms with van der Waals surface area (Å²) in [7, 11) is 0. The highest BCUT2D eigenvalue weighted by Crippen LogP contribution is 2.28. The van der Waals surface area contributed by atoms with Gasteiger partial charge in [-0.3, -0.25) is 9.59 Å². The van der Waals surface area contributed by atoms with E-state index in [1.807, 2.05) is 27.7 Å². The zero-order valence-electron chi connectivity index (χ0n) is 14.8. The number of carbonyl (C=O) groups excluding carboxylic acids is 2. The van der Waals surface area contributed by atoms with Crippen LogP contribution in [0.4, 0.5) is 0 Å². The van der Waals surface area contributed by atoms with E-state index in [-0.39, 0.29) is 43.0 Å². The molecule has 4 heteroatoms. The number of hydrogen-bond acceptors (Lipinski definition) is 4. The molecule has 0 aliphatic rings. The molecule has 0 atom stereocenters. The molecule has 0 aromatic carbocycles. The van der Waals surface area contributed by atoms with Gasteiger partial charge < -0.3 is 10.2 Å². The minimum Gasteiger partial charge on any atom is -0.396 e. The minimum atomic E-state index is -0.0251. The Hall–Kier alpha value is -0.740. The van der Waals surface area contributed by atoms with Crippen LogP contribution in [0.3, 0.4) is 0 Å². The first kappa shape index (κ1) is 24.5. The number of Topliss-reactive ketones (excluding diaryl/α,β-unsaturated/α-hetero) is 2. The average molecular weight is 331 g/mol. The summed E-state index contributed by atoms with van der Waals surface area (Å²) >= 11 is 0. The van der Waals surface area contributed by atoms with E-state index in [0.29, 0.717) is 38.5 Å². The summed E-state index contributed by atoms with van der Waals surface area (Å²) in [4.78, 5) is 23.7. The molecule has 138 valence electrons. The van der Waals surface area contributed by atoms with Gasteiger partial charge in [0.1, 0.15) is 11.6 Å². The van der Waals surface area contributed by atoms with Crippen molar-refractivity contribution in [2.45, 2.75) is 86.5 Å². The smallest absolute Gasteiger partial charge is 0.133 e. The molecule has 0 amide bonds. The van der Waals surface area contributed by atoms with Crippen LogP contribution in [0.1, 0.15) is 86.5 Å². The molecule has 0 aromatic heterocycles. The van der Waals surface area contributed by atoms with E-state index in [1.54, 1.807) is 0 Å². The van der Waals surface area contributed by atoms with Crippen LogP contribution in [-0.2, 0) is 9.59 Å². The lowest BCUT2D eigenvalue weighted by molar-refractivity contribution is -0.124. The molecule has 0 radical (unpaired) electrons. The third-order valence-electron chi connectivity index (χ3n) is 4.42. The van der Waals surface area contributed by atoms with Crippen LogP contribution in [0.2, 0.25) is 0 Å². The van der Waals surface area contributed by atoms with Crippen molar-refractivity contribution in [2.24, 2.45) is 10.8 Å². The number of hydrogen-bond donors (Lipinski definition) is 2. The summed E-state index contributed by atoms with van der Waals surface area (Å²) in [5.41, 5.74) is -0.0501. The van der Waals surface area contributed by atoms with E-state index in [0.717, 1.165) is 12.8 Å². The molecule has 0 unspecified atom stereocenters. The lowest BCUT2D eigenvalue weighted by Gasteiger charge is -2.23. The van der Waals surface area contributed by atoms with E-state index in [4.69, 9.17) is 10.2 Å². The lowest BCUT2D eigenvalue weighted by Crippen LogP contribution is -2.17. The van der Waals surface area contributed by atoms with Crippen LogP contribution < -0.4 is 0 Å². The maximum absolute atomic E-state index is 11.9. The fourth-order valence-electron chi connectivity index (χ4n) is 2.34. The van der Waals surface area contributed by atoms with E-state index >= 15 is 0 Å². The molecule has 23 heavy (non-hydrogen) atoms. The van der Waals surface area contributed by atoms with Crippen molar-refractivity contribution in [3.8, 4) is 0 Å². The molecule has 0 aliphatic carbocycles. The van der Waals surface area contributed by atoms with Crippen molar-refractivity contribution in [2.75, 3.05) is 13.2 Å². The van der Waals surface area contributed by atoms with Crippen LogP contribution in [-0.4, -0.2) is 35.0 Å². The predicted octanol–water partition coefficient (Wildman–Crippen LogP) is 3.92. The van der Waals surface area contributed by atoms with Crippen molar-refractivity contribution < 1.29 is 19.8 Å². The van der Waals surface area contributed by atoms with Gasteiger partial charge in [0.25, 0.3) is 0 Å². The fourth-order valence-corrected chi connectivity index (χ4v) is 2.34. The largest absolute Gasteiger partial charge is 0.396 e. The summed E-state index contributed by atoms with van der Waals surface area (Å²) in [5.74, 6) is 0.267. The van der Waals surface area contributed by atoms with E-state index in [1.165, 1.54) is 0 Å². The molecule has 0 bridgehead atoms. The number of aliphatic hydroxyl groups is 2. The molecular weight excluding hydrogens is 292 g/mol. The summed E-state index contributed by atoms with van der Waals surface area (Å²) in [5, 5.41) is 17.9. The Labute approximate surface area is 142 Å². The number of rotatable bonds is 13. The first-order valence-corrected chi connectivity index (χ1v) is 8.37. The normalized spacial score (nSPS) is 11.9. The topological polar surface area (TPSA) is 74.6 Å². The van der Waals surface area contributed by atoms with E-state index in [9.17, 15) is 9.59 Å². The molecule has 0 saturated carbocycles. The molecule has 4 nitrogen and oxygen atoms in total. The van der Waals surface area contributed by atoms with Crippen LogP contribution >= 0.6 is 0 Å². The third kappa shape index (κ3) is 13.4. The second-order valence-electron chi connectivity index (χ2n) is 7.85. The second-order valence-corrected chi connectivity index (χ2v) is 7.85. The highest BCUT2D eigenvalue weighted by atomic mass is 16.3. The molecule has 0 fully saturated rings. The third-order valence-corrected chi connectivity index (χ3v) is 4.42. The molecule has 0 spiro atoms. The van der Waals surface area contributed by atoms with Gasteiger partial charge in [-0.25, -0.2) is 0 Å². The Balaban J connectivity index is 0. The molecule has 0 rings (SSSR count). The van der Waals surface area contributed by atoms with Gasteiger partial charge in [-0.15, -0.1) is 0 Å². The molecular formula is C19H38O4. The van der Waals surface area contributed by atoms with E-state index in [2.05, 4.69) is 0 Å². The zero-order valence-corrected chi connectivity index (χ0v) is 14.8. The standard InChI is InChI=1S/C18H34O4.CH4/c1-17(2,11-13-19)9-7-15(21)5-6-16(22)8-10-18(3,4)12-14-20;/h19-20H,5-14H2,1-4H3;1H4. The first-order chi connectivity index (χ1) is 10.1. The Kier molecular flexibility index (Phi) is 12.5. The predicted molar refractivity (Wildman–Crippen MR) is 95.4 cm³/mol. The summed E-state index contributed by atoms with van der Waals surface area (Å²) in [6, 6.07) is 0. The maximum Gasteiger partial charge on any atom is 0.133 e. The number of ketones is 2. The molecule has 2 N–H and O–H groups in total. The van der Waals surface area contributed by atoms with Gasteiger partial charge in [0, 0.05) is 38.9 Å². The van der Waals surface area contributed by atoms with Crippen LogP contribution in [0.15, 0.2) is 0 Å². The quantitative estimate of drug-likeness (QED) is 0.537. The molecule has 0 aromatic rings. The molecule has 0 saturated heterocycles. The summed E-state index contributed by atoms with van der Waals surface area (Å²) in [6.45, 7) is 8.47. The molecule has 0 heterocycles. The highest BCUT2D eigenvalue weighted by molar-refractivity contribution is 5.85. The Morgan fingerprint density at radius 2 is 0.957 bits per heavy atom. The van der Waals surface area contributed by atoms with Crippen LogP contribution in [0.25, 0.3) is 0 Å². The van der Waals surface area contributed by atoms with Crippen molar-refractivity contribution in [3.05, 3.63) is 0 Å². The Morgan fingerprint density at radius 3 is 1.22 bits per heavy atom. The van der Waals surface area contributed by atoms with Gasteiger partial charge >= 0.3 is 0 Å². The summed E-state index contributed by atoms with van der Waals surface area (Å²) < 4.78 is 0. The van der Waals surface area contributed by atoms with Gasteiger partial charge in [-0.2, -0.15) is 0 Å². The van der Waals surface area contributed by atoms with Crippen molar-refractivity contribution in [1.82, 2.24) is 0 Å². The number of carbonyl (C=O) groups is 2. The SMILES string of the molecule is C.CC(C)(CCO)CCC(=O)CCC(=O)CCC(C)(C)CCO. The van der Waals surface area contributed by atoms with Gasteiger partial charge in [0.2, 0.25) is 0 Å². The van der Waals surface area contributed by atoms with E-state index < -0.39 is 0 Å². The minimum absolute atomic E-state index is 0. The average Bonchev–Trinajstić information content (AvgIpc) is 2.41. The van der Waals surface area contributed by atoms with Gasteiger partial charge in [-0.05, 0) is 36.5 Å². The lowest BCUT2D eigenvalue weighted by atomic mass is 9.83. The van der Waals surface area contributed by atoms with Crippen molar-refractivity contribution in [3.63, 3.8) is 0 Å². The Bertz CT molecular complexity index is 311. The van der Waals surface area contributed by atoms with Gasteiger partial charge in [-0.1, -0.05) is 35.1 Å². The highest BCUT2D eigenvalue weighted by Gasteiger charge is 2.20. The van der Waals surface area contributed by atoms with Crippen molar-refractivity contribution in [1.29, 1.82) is 0 Å². The Morgan fingerprint density at radius 1 is 0.652 bits per heavy atom. The summed E-state index contributed by atoms with van der Waals surface area (Å²) in [6.07, 6.45) is 4.52. The monoisotopic (exact) mass is 330 g/mol. The van der Waals surface area contributed by atoms with Crippen LogP contribution in [0, 0.1) is 10.8 Å². The second kappa shape index (κ2) is 11.7. The van der Waals surface area contributed by atoms with Gasteiger partial charge in [0.15, 0.2) is 0 Å². The number of aliphatic hydroxyl groups excluding tert-OH is 2.